The largest absolute Gasteiger partial charge is 0.269 e. The van der Waals surface area contributed by atoms with E-state index in [1.165, 1.54) is 4.40 Å². The molecule has 0 atom stereocenters. The molecular weight excluding hydrogens is 190 g/mol. The van der Waals surface area contributed by atoms with Crippen LogP contribution >= 0.6 is 0 Å². The number of hydrogen-bond donors (Lipinski definition) is 0. The fraction of sp³-hybridized carbons (Fsp3) is 0.364. The van der Waals surface area contributed by atoms with E-state index in [4.69, 9.17) is 0 Å². The molecule has 0 aromatic carbocycles. The quantitative estimate of drug-likeness (QED) is 0.638. The summed E-state index contributed by atoms with van der Waals surface area (Å²) in [5.74, 6) is 0. The summed E-state index contributed by atoms with van der Waals surface area (Å²) in [5.41, 5.74) is 2.63. The normalized spacial score (nSPS) is 15.2. The molecule has 2 heterocycles. The molecule has 15 heavy (non-hydrogen) atoms. The summed E-state index contributed by atoms with van der Waals surface area (Å²) in [6, 6.07) is 1.77. The van der Waals surface area contributed by atoms with Crippen molar-refractivity contribution in [1.82, 2.24) is 14.4 Å². The molecule has 0 N–H and O–H groups in total. The van der Waals surface area contributed by atoms with Crippen LogP contribution in [-0.4, -0.2) is 14.4 Å². The van der Waals surface area contributed by atoms with Gasteiger partial charge in [-0.1, -0.05) is 0 Å². The zero-order valence-corrected chi connectivity index (χ0v) is 8.31. The van der Waals surface area contributed by atoms with E-state index < -0.39 is 0 Å². The number of aromatic nitrogens is 3. The molecule has 0 amide bonds. The first-order chi connectivity index (χ1) is 7.36. The molecule has 0 bridgehead atoms. The fourth-order valence-corrected chi connectivity index (χ4v) is 2.13. The van der Waals surface area contributed by atoms with Crippen LogP contribution in [0.25, 0.3) is 5.65 Å². The van der Waals surface area contributed by atoms with Crippen LogP contribution in [0.1, 0.15) is 24.1 Å². The highest BCUT2D eigenvalue weighted by molar-refractivity contribution is 5.39. The molecule has 1 aliphatic rings. The Bertz CT molecular complexity index is 574. The SMILES string of the molecule is O=c1c2c(nc3ccncn13)CCCC2. The minimum Gasteiger partial charge on any atom is -0.269 e. The predicted molar refractivity (Wildman–Crippen MR) is 55.9 cm³/mol. The maximum atomic E-state index is 12.1. The molecule has 2 aromatic rings. The summed E-state index contributed by atoms with van der Waals surface area (Å²) in [7, 11) is 0. The van der Waals surface area contributed by atoms with Gasteiger partial charge in [-0.3, -0.25) is 9.20 Å². The van der Waals surface area contributed by atoms with Gasteiger partial charge in [0, 0.05) is 11.8 Å². The lowest BCUT2D eigenvalue weighted by molar-refractivity contribution is 0.655. The van der Waals surface area contributed by atoms with Crippen LogP contribution in [0, 0.1) is 0 Å². The molecule has 4 heteroatoms. The van der Waals surface area contributed by atoms with E-state index in [0.29, 0.717) is 5.65 Å². The molecule has 0 radical (unpaired) electrons. The molecule has 4 nitrogen and oxygen atoms in total. The Kier molecular flexibility index (Phi) is 1.80. The smallest absolute Gasteiger partial charge is 0.262 e. The molecule has 2 aromatic heterocycles. The van der Waals surface area contributed by atoms with E-state index in [9.17, 15) is 4.79 Å². The Balaban J connectivity index is 2.41. The van der Waals surface area contributed by atoms with Gasteiger partial charge in [0.25, 0.3) is 5.56 Å². The van der Waals surface area contributed by atoms with Crippen molar-refractivity contribution in [2.75, 3.05) is 0 Å². The maximum absolute atomic E-state index is 12.1. The average molecular weight is 201 g/mol. The zero-order valence-electron chi connectivity index (χ0n) is 8.31. The van der Waals surface area contributed by atoms with E-state index in [-0.39, 0.29) is 5.56 Å². The third kappa shape index (κ3) is 1.25. The molecule has 3 rings (SSSR count). The second kappa shape index (κ2) is 3.15. The van der Waals surface area contributed by atoms with Gasteiger partial charge < -0.3 is 0 Å². The second-order valence-electron chi connectivity index (χ2n) is 3.86. The van der Waals surface area contributed by atoms with Crippen molar-refractivity contribution in [3.63, 3.8) is 0 Å². The summed E-state index contributed by atoms with van der Waals surface area (Å²) < 4.78 is 1.53. The third-order valence-corrected chi connectivity index (χ3v) is 2.90. The van der Waals surface area contributed by atoms with Gasteiger partial charge in [0.2, 0.25) is 0 Å². The lowest BCUT2D eigenvalue weighted by Gasteiger charge is -2.14. The van der Waals surface area contributed by atoms with Crippen LogP contribution < -0.4 is 5.56 Å². The predicted octanol–water partition coefficient (Wildman–Crippen LogP) is 0.968. The second-order valence-corrected chi connectivity index (χ2v) is 3.86. The maximum Gasteiger partial charge on any atom is 0.262 e. The minimum atomic E-state index is 0.0581. The number of hydrogen-bond acceptors (Lipinski definition) is 3. The third-order valence-electron chi connectivity index (χ3n) is 2.90. The fourth-order valence-electron chi connectivity index (χ4n) is 2.13. The standard InChI is InChI=1S/C11H11N3O/c15-11-8-3-1-2-4-9(8)13-10-5-6-12-7-14(10)11/h5-7H,1-4H2. The highest BCUT2D eigenvalue weighted by Gasteiger charge is 2.15. The number of rotatable bonds is 0. The van der Waals surface area contributed by atoms with Gasteiger partial charge in [-0.05, 0) is 31.7 Å². The summed E-state index contributed by atoms with van der Waals surface area (Å²) in [6.07, 6.45) is 7.23. The molecule has 76 valence electrons. The lowest BCUT2D eigenvalue weighted by atomic mass is 9.97. The van der Waals surface area contributed by atoms with Crippen LogP contribution in [0.3, 0.4) is 0 Å². The molecule has 0 fully saturated rings. The molecule has 0 saturated carbocycles. The summed E-state index contributed by atoms with van der Waals surface area (Å²) in [6.45, 7) is 0. The lowest BCUT2D eigenvalue weighted by Crippen LogP contribution is -2.24. The van der Waals surface area contributed by atoms with Crippen LogP contribution in [0.5, 0.6) is 0 Å². The average Bonchev–Trinajstić information content (AvgIpc) is 2.30. The van der Waals surface area contributed by atoms with E-state index in [2.05, 4.69) is 9.97 Å². The Hall–Kier alpha value is -1.71. The van der Waals surface area contributed by atoms with Crippen LogP contribution in [0.2, 0.25) is 0 Å². The summed E-state index contributed by atoms with van der Waals surface area (Å²) in [4.78, 5) is 20.5. The molecule has 0 saturated heterocycles. The molecule has 0 spiro atoms. The Labute approximate surface area is 86.6 Å². The Morgan fingerprint density at radius 1 is 1.27 bits per heavy atom. The number of fused-ring (bicyclic) bond motifs is 2. The van der Waals surface area contributed by atoms with E-state index in [0.717, 1.165) is 36.9 Å². The van der Waals surface area contributed by atoms with Crippen molar-refractivity contribution < 1.29 is 0 Å². The first-order valence-electron chi connectivity index (χ1n) is 5.20. The minimum absolute atomic E-state index is 0.0581. The van der Waals surface area contributed by atoms with Crippen molar-refractivity contribution in [1.29, 1.82) is 0 Å². The summed E-state index contributed by atoms with van der Waals surface area (Å²) in [5, 5.41) is 0. The highest BCUT2D eigenvalue weighted by Crippen LogP contribution is 2.16. The van der Waals surface area contributed by atoms with E-state index in [1.807, 2.05) is 0 Å². The van der Waals surface area contributed by atoms with Crippen molar-refractivity contribution in [3.8, 4) is 0 Å². The number of aryl methyl sites for hydroxylation is 1. The molecule has 0 aliphatic heterocycles. The van der Waals surface area contributed by atoms with Crippen LogP contribution in [0.15, 0.2) is 23.4 Å². The first kappa shape index (κ1) is 8.59. The van der Waals surface area contributed by atoms with E-state index in [1.54, 1.807) is 18.6 Å². The Morgan fingerprint density at radius 2 is 2.13 bits per heavy atom. The van der Waals surface area contributed by atoms with Gasteiger partial charge in [0.1, 0.15) is 12.0 Å². The van der Waals surface area contributed by atoms with Crippen molar-refractivity contribution in [3.05, 3.63) is 40.2 Å². The molecular formula is C11H11N3O. The Morgan fingerprint density at radius 3 is 3.07 bits per heavy atom. The van der Waals surface area contributed by atoms with Gasteiger partial charge in [0.05, 0.1) is 5.69 Å². The topological polar surface area (TPSA) is 47.3 Å². The van der Waals surface area contributed by atoms with Gasteiger partial charge >= 0.3 is 0 Å². The van der Waals surface area contributed by atoms with Crippen LogP contribution in [0.4, 0.5) is 0 Å². The van der Waals surface area contributed by atoms with Gasteiger partial charge in [-0.2, -0.15) is 0 Å². The van der Waals surface area contributed by atoms with Crippen LogP contribution in [-0.2, 0) is 12.8 Å². The molecule has 1 aliphatic carbocycles. The molecule has 0 unspecified atom stereocenters. The highest BCUT2D eigenvalue weighted by atomic mass is 16.1. The first-order valence-corrected chi connectivity index (χ1v) is 5.20. The van der Waals surface area contributed by atoms with Crippen molar-refractivity contribution in [2.45, 2.75) is 25.7 Å². The van der Waals surface area contributed by atoms with Gasteiger partial charge in [-0.25, -0.2) is 9.97 Å². The van der Waals surface area contributed by atoms with Crippen molar-refractivity contribution in [2.24, 2.45) is 0 Å². The summed E-state index contributed by atoms with van der Waals surface area (Å²) >= 11 is 0. The number of nitrogens with zero attached hydrogens (tertiary/aromatic N) is 3. The van der Waals surface area contributed by atoms with E-state index >= 15 is 0 Å². The van der Waals surface area contributed by atoms with Gasteiger partial charge in [0.15, 0.2) is 0 Å². The monoisotopic (exact) mass is 201 g/mol. The van der Waals surface area contributed by atoms with Gasteiger partial charge in [-0.15, -0.1) is 0 Å². The van der Waals surface area contributed by atoms with Crippen molar-refractivity contribution >= 4 is 5.65 Å². The zero-order chi connectivity index (χ0) is 10.3.